The fraction of sp³-hybridized carbons (Fsp3) is 0.355. The molecule has 44 heavy (non-hydrogen) atoms. The first-order valence-electron chi connectivity index (χ1n) is 14.0. The van der Waals surface area contributed by atoms with Gasteiger partial charge >= 0.3 is 0 Å². The highest BCUT2D eigenvalue weighted by Gasteiger charge is 2.34. The van der Waals surface area contributed by atoms with E-state index in [0.717, 1.165) is 29.3 Å². The van der Waals surface area contributed by atoms with Gasteiger partial charge in [-0.2, -0.15) is 0 Å². The summed E-state index contributed by atoms with van der Waals surface area (Å²) in [4.78, 5) is 28.6. The molecule has 0 bridgehead atoms. The second-order valence-corrected chi connectivity index (χ2v) is 12.5. The molecule has 0 aromatic heterocycles. The van der Waals surface area contributed by atoms with Crippen molar-refractivity contribution >= 4 is 50.7 Å². The minimum absolute atomic E-state index is 0.0412. The topological polar surface area (TPSA) is 105 Å². The molecular weight excluding hydrogens is 632 g/mol. The van der Waals surface area contributed by atoms with Gasteiger partial charge in [-0.15, -0.1) is 0 Å². The van der Waals surface area contributed by atoms with Crippen molar-refractivity contribution in [2.75, 3.05) is 31.6 Å². The quantitative estimate of drug-likeness (QED) is 0.197. The van der Waals surface area contributed by atoms with Crippen LogP contribution in [-0.2, 0) is 26.2 Å². The van der Waals surface area contributed by atoms with Crippen LogP contribution in [0.1, 0.15) is 38.7 Å². The Balaban J connectivity index is 2.09. The predicted octanol–water partition coefficient (Wildman–Crippen LogP) is 6.07. The number of nitrogens with zero attached hydrogens (tertiary/aromatic N) is 2. The molecule has 9 nitrogen and oxygen atoms in total. The van der Waals surface area contributed by atoms with E-state index in [9.17, 15) is 22.4 Å². The SMILES string of the molecule is CCCCNC(=O)[C@@H](CC)N(Cc1ccc(Cl)cc1Cl)C(=O)CN(c1ccc(F)cc1)S(=O)(=O)c1ccc(OC)c(OC)c1. The molecule has 1 atom stereocenters. The number of hydrogen-bond donors (Lipinski definition) is 1. The van der Waals surface area contributed by atoms with E-state index in [0.29, 0.717) is 22.9 Å². The zero-order valence-corrected chi connectivity index (χ0v) is 27.3. The summed E-state index contributed by atoms with van der Waals surface area (Å²) < 4.78 is 53.5. The van der Waals surface area contributed by atoms with Crippen LogP contribution >= 0.6 is 23.2 Å². The van der Waals surface area contributed by atoms with E-state index in [4.69, 9.17) is 32.7 Å². The van der Waals surface area contributed by atoms with Crippen molar-refractivity contribution in [3.63, 3.8) is 0 Å². The van der Waals surface area contributed by atoms with Crippen LogP contribution in [0.3, 0.4) is 0 Å². The van der Waals surface area contributed by atoms with Crippen molar-refractivity contribution < 1.29 is 31.9 Å². The minimum atomic E-state index is -4.43. The van der Waals surface area contributed by atoms with Gasteiger partial charge in [0, 0.05) is 29.2 Å². The van der Waals surface area contributed by atoms with Crippen LogP contribution in [-0.4, -0.2) is 58.5 Å². The highest BCUT2D eigenvalue weighted by Crippen LogP contribution is 2.33. The Morgan fingerprint density at radius 3 is 2.23 bits per heavy atom. The summed E-state index contributed by atoms with van der Waals surface area (Å²) in [6.07, 6.45) is 1.86. The number of halogens is 3. The van der Waals surface area contributed by atoms with Crippen molar-refractivity contribution in [1.29, 1.82) is 0 Å². The number of methoxy groups -OCH3 is 2. The second kappa shape index (κ2) is 16.0. The lowest BCUT2D eigenvalue weighted by Gasteiger charge is -2.33. The van der Waals surface area contributed by atoms with Gasteiger partial charge in [0.25, 0.3) is 10.0 Å². The Bertz CT molecular complexity index is 1560. The molecule has 0 fully saturated rings. The van der Waals surface area contributed by atoms with Crippen molar-refractivity contribution in [3.8, 4) is 11.5 Å². The maximum Gasteiger partial charge on any atom is 0.264 e. The molecule has 3 rings (SSSR count). The molecule has 0 heterocycles. The number of unbranched alkanes of at least 4 members (excludes halogenated alkanes) is 1. The van der Waals surface area contributed by atoms with E-state index >= 15 is 0 Å². The van der Waals surface area contributed by atoms with Gasteiger partial charge < -0.3 is 19.7 Å². The molecule has 3 aromatic carbocycles. The van der Waals surface area contributed by atoms with Crippen LogP contribution in [0.25, 0.3) is 0 Å². The van der Waals surface area contributed by atoms with E-state index < -0.39 is 34.3 Å². The molecule has 0 aliphatic carbocycles. The minimum Gasteiger partial charge on any atom is -0.493 e. The van der Waals surface area contributed by atoms with E-state index in [1.54, 1.807) is 19.1 Å². The molecule has 0 aliphatic heterocycles. The number of rotatable bonds is 15. The van der Waals surface area contributed by atoms with E-state index in [-0.39, 0.29) is 40.2 Å². The fourth-order valence-corrected chi connectivity index (χ4v) is 6.40. The van der Waals surface area contributed by atoms with E-state index in [1.165, 1.54) is 55.5 Å². The van der Waals surface area contributed by atoms with Gasteiger partial charge in [0.15, 0.2) is 11.5 Å². The van der Waals surface area contributed by atoms with Crippen molar-refractivity contribution in [1.82, 2.24) is 10.2 Å². The molecule has 0 aliphatic rings. The Labute approximate surface area is 267 Å². The average molecular weight is 669 g/mol. The number of carbonyl (C=O) groups excluding carboxylic acids is 2. The van der Waals surface area contributed by atoms with Crippen molar-refractivity contribution in [2.45, 2.75) is 50.6 Å². The number of anilines is 1. The molecule has 0 saturated carbocycles. The molecule has 238 valence electrons. The second-order valence-electron chi connectivity index (χ2n) is 9.83. The van der Waals surface area contributed by atoms with Crippen LogP contribution in [0, 0.1) is 5.82 Å². The fourth-order valence-electron chi connectivity index (χ4n) is 4.50. The monoisotopic (exact) mass is 667 g/mol. The standard InChI is InChI=1S/C31H36Cl2FN3O6S/c1-5-7-16-35-31(39)27(6-2)36(19-21-8-9-22(32)17-26(21)33)30(38)20-37(24-12-10-23(34)11-13-24)44(40,41)25-14-15-28(42-3)29(18-25)43-4/h8-15,17-18,27H,5-7,16,19-20H2,1-4H3,(H,35,39)/t27-/m1/s1. The molecule has 1 N–H and O–H groups in total. The van der Waals surface area contributed by atoms with Crippen LogP contribution in [0.4, 0.5) is 10.1 Å². The summed E-state index contributed by atoms with van der Waals surface area (Å²) in [5.41, 5.74) is 0.555. The smallest absolute Gasteiger partial charge is 0.264 e. The largest absolute Gasteiger partial charge is 0.493 e. The summed E-state index contributed by atoms with van der Waals surface area (Å²) >= 11 is 12.5. The highest BCUT2D eigenvalue weighted by molar-refractivity contribution is 7.92. The van der Waals surface area contributed by atoms with Gasteiger partial charge in [-0.25, -0.2) is 12.8 Å². The average Bonchev–Trinajstić information content (AvgIpc) is 3.00. The molecular formula is C31H36Cl2FN3O6S. The van der Waals surface area contributed by atoms with Gasteiger partial charge in [-0.05, 0) is 66.9 Å². The Morgan fingerprint density at radius 2 is 1.64 bits per heavy atom. The van der Waals surface area contributed by atoms with Gasteiger partial charge in [-0.1, -0.05) is 49.5 Å². The first kappa shape index (κ1) is 34.9. The Morgan fingerprint density at radius 1 is 0.955 bits per heavy atom. The van der Waals surface area contributed by atoms with Gasteiger partial charge in [0.2, 0.25) is 11.8 Å². The third-order valence-corrected chi connectivity index (χ3v) is 9.26. The molecule has 0 spiro atoms. The Hall–Kier alpha value is -3.54. The maximum absolute atomic E-state index is 14.2. The van der Waals surface area contributed by atoms with E-state index in [1.807, 2.05) is 6.92 Å². The zero-order valence-electron chi connectivity index (χ0n) is 25.0. The summed E-state index contributed by atoms with van der Waals surface area (Å²) in [7, 11) is -1.64. The molecule has 0 saturated heterocycles. The van der Waals surface area contributed by atoms with Gasteiger partial charge in [-0.3, -0.25) is 13.9 Å². The zero-order chi connectivity index (χ0) is 32.4. The predicted molar refractivity (Wildman–Crippen MR) is 169 cm³/mol. The van der Waals surface area contributed by atoms with Crippen LogP contribution in [0.5, 0.6) is 11.5 Å². The van der Waals surface area contributed by atoms with Gasteiger partial charge in [0.1, 0.15) is 18.4 Å². The molecule has 3 aromatic rings. The number of sulfonamides is 1. The maximum atomic E-state index is 14.2. The van der Waals surface area contributed by atoms with Crippen LogP contribution in [0.2, 0.25) is 10.0 Å². The third-order valence-electron chi connectivity index (χ3n) is 6.91. The lowest BCUT2D eigenvalue weighted by atomic mass is 10.1. The molecule has 13 heteroatoms. The first-order valence-corrected chi connectivity index (χ1v) is 16.2. The molecule has 2 amide bonds. The van der Waals surface area contributed by atoms with Gasteiger partial charge in [0.05, 0.1) is 24.8 Å². The summed E-state index contributed by atoms with van der Waals surface area (Å²) in [6.45, 7) is 3.37. The first-order chi connectivity index (χ1) is 21.0. The van der Waals surface area contributed by atoms with Crippen LogP contribution in [0.15, 0.2) is 65.6 Å². The van der Waals surface area contributed by atoms with Crippen molar-refractivity contribution in [3.05, 3.63) is 82.1 Å². The normalized spacial score (nSPS) is 11.9. The molecule has 0 radical (unpaired) electrons. The van der Waals surface area contributed by atoms with Crippen molar-refractivity contribution in [2.24, 2.45) is 0 Å². The number of hydrogen-bond acceptors (Lipinski definition) is 6. The summed E-state index contributed by atoms with van der Waals surface area (Å²) in [5, 5.41) is 3.54. The number of ether oxygens (including phenoxy) is 2. The highest BCUT2D eigenvalue weighted by atomic mass is 35.5. The number of benzene rings is 3. The molecule has 0 unspecified atom stereocenters. The third kappa shape index (κ3) is 8.55. The number of nitrogens with one attached hydrogen (secondary N) is 1. The number of carbonyl (C=O) groups is 2. The lowest BCUT2D eigenvalue weighted by molar-refractivity contribution is -0.140. The summed E-state index contributed by atoms with van der Waals surface area (Å²) in [5.74, 6) is -1.18. The number of amides is 2. The Kier molecular flexibility index (Phi) is 12.7. The van der Waals surface area contributed by atoms with Crippen LogP contribution < -0.4 is 19.1 Å². The lowest BCUT2D eigenvalue weighted by Crippen LogP contribution is -2.52. The van der Waals surface area contributed by atoms with E-state index in [2.05, 4.69) is 5.32 Å². The summed E-state index contributed by atoms with van der Waals surface area (Å²) in [6, 6.07) is 12.6.